The van der Waals surface area contributed by atoms with Crippen LogP contribution in [0.1, 0.15) is 38.8 Å². The first-order valence-corrected chi connectivity index (χ1v) is 9.57. The third kappa shape index (κ3) is 5.70. The summed E-state index contributed by atoms with van der Waals surface area (Å²) in [5.74, 6) is 0.489. The number of aliphatic imine (C=N–C) groups is 1. The molecule has 7 heteroatoms. The SMILES string of the molecule is CCNC(=NCC(C)(C)c1ccc(CC)cc1)NCCN1C(=O)CNC1=O. The van der Waals surface area contributed by atoms with Crippen molar-refractivity contribution < 1.29 is 9.59 Å². The molecule has 27 heavy (non-hydrogen) atoms. The number of guanidine groups is 1. The molecule has 0 spiro atoms. The van der Waals surface area contributed by atoms with Gasteiger partial charge in [0, 0.05) is 25.0 Å². The molecule has 148 valence electrons. The average molecular weight is 374 g/mol. The fourth-order valence-electron chi connectivity index (χ4n) is 2.87. The maximum Gasteiger partial charge on any atom is 0.324 e. The van der Waals surface area contributed by atoms with Gasteiger partial charge >= 0.3 is 6.03 Å². The Balaban J connectivity index is 1.94. The van der Waals surface area contributed by atoms with Gasteiger partial charge in [-0.3, -0.25) is 14.7 Å². The monoisotopic (exact) mass is 373 g/mol. The van der Waals surface area contributed by atoms with E-state index in [0.717, 1.165) is 13.0 Å². The zero-order valence-electron chi connectivity index (χ0n) is 16.8. The molecule has 2 rings (SSSR count). The zero-order valence-corrected chi connectivity index (χ0v) is 16.8. The first kappa shape index (κ1) is 20.7. The van der Waals surface area contributed by atoms with Gasteiger partial charge in [0.15, 0.2) is 5.96 Å². The van der Waals surface area contributed by atoms with E-state index in [-0.39, 0.29) is 23.9 Å². The van der Waals surface area contributed by atoms with E-state index >= 15 is 0 Å². The van der Waals surface area contributed by atoms with Crippen molar-refractivity contribution in [1.29, 1.82) is 0 Å². The van der Waals surface area contributed by atoms with E-state index in [2.05, 4.69) is 61.0 Å². The molecule has 0 bridgehead atoms. The van der Waals surface area contributed by atoms with E-state index in [0.29, 0.717) is 25.6 Å². The summed E-state index contributed by atoms with van der Waals surface area (Å²) in [7, 11) is 0. The Kier molecular flexibility index (Phi) is 7.21. The predicted octanol–water partition coefficient (Wildman–Crippen LogP) is 1.63. The molecule has 3 N–H and O–H groups in total. The molecule has 0 aliphatic carbocycles. The highest BCUT2D eigenvalue weighted by Crippen LogP contribution is 2.24. The molecule has 0 unspecified atom stereocenters. The van der Waals surface area contributed by atoms with Gasteiger partial charge < -0.3 is 16.0 Å². The Morgan fingerprint density at radius 2 is 1.89 bits per heavy atom. The van der Waals surface area contributed by atoms with Crippen LogP contribution in [-0.2, 0) is 16.6 Å². The van der Waals surface area contributed by atoms with Crippen molar-refractivity contribution in [2.45, 2.75) is 39.5 Å². The fourth-order valence-corrected chi connectivity index (χ4v) is 2.87. The van der Waals surface area contributed by atoms with Crippen molar-refractivity contribution in [1.82, 2.24) is 20.9 Å². The number of imide groups is 1. The maximum atomic E-state index is 11.6. The number of nitrogens with one attached hydrogen (secondary N) is 3. The van der Waals surface area contributed by atoms with Crippen molar-refractivity contribution in [3.63, 3.8) is 0 Å². The lowest BCUT2D eigenvalue weighted by molar-refractivity contribution is -0.124. The van der Waals surface area contributed by atoms with Crippen LogP contribution < -0.4 is 16.0 Å². The normalized spacial score (nSPS) is 15.1. The zero-order chi connectivity index (χ0) is 19.9. The minimum atomic E-state index is -0.333. The second-order valence-electron chi connectivity index (χ2n) is 7.26. The van der Waals surface area contributed by atoms with Crippen LogP contribution in [0.5, 0.6) is 0 Å². The molecular weight excluding hydrogens is 342 g/mol. The number of amides is 3. The highest BCUT2D eigenvalue weighted by molar-refractivity contribution is 6.01. The van der Waals surface area contributed by atoms with Crippen LogP contribution in [0.3, 0.4) is 0 Å². The highest BCUT2D eigenvalue weighted by atomic mass is 16.2. The van der Waals surface area contributed by atoms with Gasteiger partial charge in [0.05, 0.1) is 13.1 Å². The number of aryl methyl sites for hydroxylation is 1. The molecule has 1 heterocycles. The molecule has 0 saturated carbocycles. The molecule has 3 amide bonds. The van der Waals surface area contributed by atoms with Crippen molar-refractivity contribution >= 4 is 17.9 Å². The molecule has 0 radical (unpaired) electrons. The minimum absolute atomic E-state index is 0.0813. The molecule has 0 atom stereocenters. The van der Waals surface area contributed by atoms with Crippen molar-refractivity contribution in [2.75, 3.05) is 32.7 Å². The van der Waals surface area contributed by atoms with Crippen LogP contribution in [0, 0.1) is 0 Å². The van der Waals surface area contributed by atoms with Crippen LogP contribution >= 0.6 is 0 Å². The first-order valence-electron chi connectivity index (χ1n) is 9.57. The summed E-state index contributed by atoms with van der Waals surface area (Å²) in [6.07, 6.45) is 1.03. The number of hydrogen-bond donors (Lipinski definition) is 3. The first-order chi connectivity index (χ1) is 12.9. The van der Waals surface area contributed by atoms with Gasteiger partial charge in [-0.05, 0) is 24.5 Å². The van der Waals surface area contributed by atoms with E-state index in [4.69, 9.17) is 4.99 Å². The summed E-state index contributed by atoms with van der Waals surface area (Å²) in [6, 6.07) is 8.35. The summed E-state index contributed by atoms with van der Waals surface area (Å²) in [5.41, 5.74) is 2.48. The molecule has 0 aromatic heterocycles. The van der Waals surface area contributed by atoms with Crippen LogP contribution in [0.15, 0.2) is 29.3 Å². The third-order valence-electron chi connectivity index (χ3n) is 4.69. The second kappa shape index (κ2) is 9.39. The Bertz CT molecular complexity index is 666. The molecule has 1 aliphatic heterocycles. The fraction of sp³-hybridized carbons (Fsp3) is 0.550. The summed E-state index contributed by atoms with van der Waals surface area (Å²) < 4.78 is 0. The Morgan fingerprint density at radius 1 is 1.19 bits per heavy atom. The number of nitrogens with zero attached hydrogens (tertiary/aromatic N) is 2. The molecule has 1 saturated heterocycles. The van der Waals surface area contributed by atoms with Gasteiger partial charge in [0.25, 0.3) is 0 Å². The summed E-state index contributed by atoms with van der Waals surface area (Å²) in [5, 5.41) is 8.92. The number of carbonyl (C=O) groups excluding carboxylic acids is 2. The van der Waals surface area contributed by atoms with Gasteiger partial charge in [0.2, 0.25) is 5.91 Å². The van der Waals surface area contributed by atoms with Crippen molar-refractivity contribution in [2.24, 2.45) is 4.99 Å². The largest absolute Gasteiger partial charge is 0.357 e. The lowest BCUT2D eigenvalue weighted by atomic mass is 9.84. The second-order valence-corrected chi connectivity index (χ2v) is 7.26. The molecule has 1 aromatic carbocycles. The molecule has 1 fully saturated rings. The number of carbonyl (C=O) groups is 2. The number of rotatable bonds is 8. The Hall–Kier alpha value is -2.57. The highest BCUT2D eigenvalue weighted by Gasteiger charge is 2.27. The number of urea groups is 1. The summed E-state index contributed by atoms with van der Waals surface area (Å²) >= 11 is 0. The van der Waals surface area contributed by atoms with E-state index in [1.54, 1.807) is 0 Å². The Morgan fingerprint density at radius 3 is 2.44 bits per heavy atom. The van der Waals surface area contributed by atoms with Crippen LogP contribution in [0.25, 0.3) is 0 Å². The number of benzene rings is 1. The van der Waals surface area contributed by atoms with Gasteiger partial charge in [-0.25, -0.2) is 4.79 Å². The smallest absolute Gasteiger partial charge is 0.324 e. The van der Waals surface area contributed by atoms with Gasteiger partial charge in [0.1, 0.15) is 0 Å². The summed E-state index contributed by atoms with van der Waals surface area (Å²) in [6.45, 7) is 10.7. The standard InChI is InChI=1S/C20H31N5O2/c1-5-15-7-9-16(10-8-15)20(3,4)14-24-18(21-6-2)22-11-12-25-17(26)13-23-19(25)27/h7-10H,5-6,11-14H2,1-4H3,(H,23,27)(H2,21,22,24). The van der Waals surface area contributed by atoms with E-state index < -0.39 is 0 Å². The topological polar surface area (TPSA) is 85.8 Å². The van der Waals surface area contributed by atoms with Gasteiger partial charge in [-0.2, -0.15) is 0 Å². The quantitative estimate of drug-likeness (QED) is 0.367. The lowest BCUT2D eigenvalue weighted by Crippen LogP contribution is -2.43. The third-order valence-corrected chi connectivity index (χ3v) is 4.69. The lowest BCUT2D eigenvalue weighted by Gasteiger charge is -2.24. The van der Waals surface area contributed by atoms with Gasteiger partial charge in [-0.15, -0.1) is 0 Å². The van der Waals surface area contributed by atoms with Crippen LogP contribution in [-0.4, -0.2) is 55.5 Å². The summed E-state index contributed by atoms with van der Waals surface area (Å²) in [4.78, 5) is 29.1. The van der Waals surface area contributed by atoms with Crippen molar-refractivity contribution in [3.8, 4) is 0 Å². The molecule has 7 nitrogen and oxygen atoms in total. The van der Waals surface area contributed by atoms with E-state index in [1.807, 2.05) is 6.92 Å². The maximum absolute atomic E-state index is 11.6. The molecule has 1 aliphatic rings. The minimum Gasteiger partial charge on any atom is -0.357 e. The van der Waals surface area contributed by atoms with E-state index in [9.17, 15) is 9.59 Å². The van der Waals surface area contributed by atoms with Crippen LogP contribution in [0.2, 0.25) is 0 Å². The average Bonchev–Trinajstić information content (AvgIpc) is 2.98. The van der Waals surface area contributed by atoms with E-state index in [1.165, 1.54) is 16.0 Å². The van der Waals surface area contributed by atoms with Crippen molar-refractivity contribution in [3.05, 3.63) is 35.4 Å². The number of hydrogen-bond acceptors (Lipinski definition) is 3. The Labute approximate surface area is 161 Å². The molecule has 1 aromatic rings. The molecular formula is C20H31N5O2. The van der Waals surface area contributed by atoms with Gasteiger partial charge in [-0.1, -0.05) is 45.0 Å². The predicted molar refractivity (Wildman–Crippen MR) is 108 cm³/mol. The van der Waals surface area contributed by atoms with Crippen LogP contribution in [0.4, 0.5) is 4.79 Å².